The molecule has 0 aliphatic carbocycles. The summed E-state index contributed by atoms with van der Waals surface area (Å²) in [5.41, 5.74) is 10.2. The van der Waals surface area contributed by atoms with Crippen molar-refractivity contribution >= 4 is 17.7 Å². The van der Waals surface area contributed by atoms with Crippen LogP contribution in [0.15, 0.2) is 200 Å². The normalized spacial score (nSPS) is 16.4. The summed E-state index contributed by atoms with van der Waals surface area (Å²) in [5.74, 6) is 6.84. The Bertz CT molecular complexity index is 4620. The van der Waals surface area contributed by atoms with Crippen LogP contribution in [0.3, 0.4) is 0 Å². The van der Waals surface area contributed by atoms with Crippen LogP contribution in [0.5, 0.6) is 51.7 Å². The Morgan fingerprint density at radius 1 is 0.349 bits per heavy atom. The van der Waals surface area contributed by atoms with Gasteiger partial charge in [0.25, 0.3) is 0 Å². The number of hydrogen-bond donors (Lipinski definition) is 6. The number of methoxy groups -OCH3 is 3. The summed E-state index contributed by atoms with van der Waals surface area (Å²) in [6.45, 7) is 20.5. The van der Waals surface area contributed by atoms with Crippen LogP contribution in [-0.4, -0.2) is 196 Å². The molecule has 3 aliphatic heterocycles. The first-order valence-corrected chi connectivity index (χ1v) is 45.1. The summed E-state index contributed by atoms with van der Waals surface area (Å²) in [6.07, 6.45) is 6.98. The standard InChI is InChI=1S/C35H46N2O6.2C34H43FN2O6/c1-26-9-10-29(15-18-37-27(2)38)34(23-26)42-21-22-43-35-24-36-17-16-32(35)28-11-13-31(14-12-28)41-20-6-19-40-25-30-7-4-5-8-33(30)39-3;1-25(38)37-18-16-30-31(35)8-5-10-33(30)42-21-22-43-34-23-36-17-15-29(34)26-11-13-28(14-12-26)41-20-6-19-40-24-27-7-3-4-9-32(27)39-2;1-25(38)37-17-14-27-22-29(35)10-13-33(27)42-20-21-43-34-23-36-16-15-31(34)26-8-11-30(12-9-26)41-19-5-18-40-24-28-6-3-4-7-32(28)39-2/h4-5,7-14,23,32,35-36H,6,15-22,24-25H2,1-3H3,(H,37,38);3-5,7-14,29,34,36H,6,15-24H2,1-2H3,(H,37,38);3-4,6-13,22,31,34,36H,5,14-21,23-24H2,1-2H3,(H,37,38)/t32-,35+;29-,34+;31-,34+/m111/s1. The molecule has 3 heterocycles. The number of ether oxygens (including phenoxy) is 15. The number of piperidine rings is 3. The first-order chi connectivity index (χ1) is 63.1. The number of hydrogen-bond acceptors (Lipinski definition) is 21. The van der Waals surface area contributed by atoms with Gasteiger partial charge in [-0.25, -0.2) is 8.78 Å². The Morgan fingerprint density at radius 2 is 0.721 bits per heavy atom. The van der Waals surface area contributed by atoms with Crippen molar-refractivity contribution in [3.05, 3.63) is 267 Å². The lowest BCUT2D eigenvalue weighted by atomic mass is 9.88. The molecule has 0 aromatic heterocycles. The molecule has 0 unspecified atom stereocenters. The van der Waals surface area contributed by atoms with E-state index in [-0.39, 0.29) is 59.5 Å². The minimum Gasteiger partial charge on any atom is -0.496 e. The number of aryl methyl sites for hydroxylation is 1. The Labute approximate surface area is 760 Å². The van der Waals surface area contributed by atoms with Crippen molar-refractivity contribution in [3.63, 3.8) is 0 Å². The van der Waals surface area contributed by atoms with E-state index in [9.17, 15) is 23.2 Å². The quantitative estimate of drug-likeness (QED) is 0.0194. The topological polar surface area (TPSA) is 262 Å². The average molecular weight is 1780 g/mol. The third kappa shape index (κ3) is 35.5. The third-order valence-corrected chi connectivity index (χ3v) is 22.3. The predicted molar refractivity (Wildman–Crippen MR) is 495 cm³/mol. The number of para-hydroxylation sites is 3. The van der Waals surface area contributed by atoms with Gasteiger partial charge in [-0.05, 0) is 189 Å². The molecule has 0 saturated carbocycles. The van der Waals surface area contributed by atoms with Crippen molar-refractivity contribution in [2.45, 2.75) is 141 Å². The number of nitrogens with one attached hydrogen (secondary N) is 6. The van der Waals surface area contributed by atoms with Crippen LogP contribution < -0.4 is 74.5 Å². The molecule has 129 heavy (non-hydrogen) atoms. The van der Waals surface area contributed by atoms with Crippen molar-refractivity contribution in [3.8, 4) is 51.7 Å². The lowest BCUT2D eigenvalue weighted by molar-refractivity contribution is -0.119. The van der Waals surface area contributed by atoms with E-state index in [2.05, 4.69) is 87.4 Å². The first-order valence-electron chi connectivity index (χ1n) is 45.1. The Balaban J connectivity index is 0.000000201. The van der Waals surface area contributed by atoms with Gasteiger partial charge in [0.15, 0.2) is 0 Å². The maximum atomic E-state index is 14.4. The van der Waals surface area contributed by atoms with E-state index in [1.54, 1.807) is 39.5 Å². The van der Waals surface area contributed by atoms with Gasteiger partial charge >= 0.3 is 0 Å². The molecule has 12 rings (SSSR count). The summed E-state index contributed by atoms with van der Waals surface area (Å²) in [7, 11) is 5.00. The van der Waals surface area contributed by atoms with Gasteiger partial charge < -0.3 is 103 Å². The lowest BCUT2D eigenvalue weighted by Crippen LogP contribution is -2.41. The smallest absolute Gasteiger partial charge is 0.216 e. The molecule has 0 bridgehead atoms. The van der Waals surface area contributed by atoms with Gasteiger partial charge in [-0.1, -0.05) is 109 Å². The van der Waals surface area contributed by atoms with Crippen LogP contribution in [0.25, 0.3) is 0 Å². The zero-order chi connectivity index (χ0) is 90.8. The Morgan fingerprint density at radius 3 is 1.12 bits per heavy atom. The minimum absolute atomic E-state index is 0.00347. The van der Waals surface area contributed by atoms with Crippen LogP contribution in [0, 0.1) is 18.6 Å². The van der Waals surface area contributed by atoms with Crippen molar-refractivity contribution in [2.24, 2.45) is 0 Å². The molecule has 3 saturated heterocycles. The largest absolute Gasteiger partial charge is 0.496 e. The maximum Gasteiger partial charge on any atom is 0.216 e. The molecular formula is C103H132F2N6O18. The molecule has 696 valence electrons. The molecule has 3 fully saturated rings. The van der Waals surface area contributed by atoms with Gasteiger partial charge in [0.2, 0.25) is 17.7 Å². The van der Waals surface area contributed by atoms with E-state index in [0.29, 0.717) is 160 Å². The van der Waals surface area contributed by atoms with Crippen molar-refractivity contribution < 1.29 is 94.2 Å². The monoisotopic (exact) mass is 1780 g/mol. The van der Waals surface area contributed by atoms with Gasteiger partial charge in [0.05, 0.1) is 119 Å². The number of carbonyl (C=O) groups excluding carboxylic acids is 3. The van der Waals surface area contributed by atoms with E-state index >= 15 is 0 Å². The average Bonchev–Trinajstić information content (AvgIpc) is 0.841. The molecule has 6 atom stereocenters. The molecule has 9 aromatic rings. The number of benzene rings is 9. The fourth-order valence-corrected chi connectivity index (χ4v) is 15.6. The first kappa shape index (κ1) is 100. The second-order valence-electron chi connectivity index (χ2n) is 31.8. The summed E-state index contributed by atoms with van der Waals surface area (Å²) >= 11 is 0. The van der Waals surface area contributed by atoms with E-state index < -0.39 is 0 Å². The molecule has 3 amide bonds. The van der Waals surface area contributed by atoms with Crippen molar-refractivity contribution in [1.29, 1.82) is 0 Å². The lowest BCUT2D eigenvalue weighted by Gasteiger charge is -2.32. The molecule has 0 spiro atoms. The van der Waals surface area contributed by atoms with Gasteiger partial charge in [-0.15, -0.1) is 0 Å². The van der Waals surface area contributed by atoms with E-state index in [1.165, 1.54) is 55.7 Å². The fraction of sp³-hybridized carbons (Fsp3) is 0.447. The zero-order valence-electron chi connectivity index (χ0n) is 76.0. The SMILES string of the molecule is COc1ccccc1COCCCOc1ccc([C@H]2CCNC[C@@H]2OCCOc2cc(C)ccc2CCNC(C)=O)cc1.COc1ccccc1COCCCOc1ccc([C@H]2CCNC[C@@H]2OCCOc2ccc(F)cc2CCNC(C)=O)cc1.COc1ccccc1COCCCOc1ccc([C@H]2CCNC[C@@H]2OCCOc2cccc(F)c2CCNC(C)=O)cc1. The van der Waals surface area contributed by atoms with E-state index in [0.717, 1.165) is 152 Å². The minimum atomic E-state index is -0.342. The number of carbonyl (C=O) groups is 3. The molecule has 24 nitrogen and oxygen atoms in total. The maximum absolute atomic E-state index is 14.4. The zero-order valence-corrected chi connectivity index (χ0v) is 76.0. The molecular weight excluding hydrogens is 1650 g/mol. The summed E-state index contributed by atoms with van der Waals surface area (Å²) in [5, 5.41) is 18.6. The van der Waals surface area contributed by atoms with Crippen LogP contribution >= 0.6 is 0 Å². The Kier molecular flexibility index (Phi) is 44.4. The summed E-state index contributed by atoms with van der Waals surface area (Å²) < 4.78 is 116. The molecule has 0 radical (unpaired) electrons. The summed E-state index contributed by atoms with van der Waals surface area (Å²) in [4.78, 5) is 33.6. The van der Waals surface area contributed by atoms with E-state index in [4.69, 9.17) is 71.1 Å². The van der Waals surface area contributed by atoms with Crippen LogP contribution in [0.1, 0.15) is 133 Å². The number of amides is 3. The predicted octanol–water partition coefficient (Wildman–Crippen LogP) is 15.3. The molecule has 3 aliphatic rings. The summed E-state index contributed by atoms with van der Waals surface area (Å²) in [6, 6.07) is 64.0. The van der Waals surface area contributed by atoms with Gasteiger partial charge in [-0.2, -0.15) is 0 Å². The molecule has 6 N–H and O–H groups in total. The van der Waals surface area contributed by atoms with Crippen molar-refractivity contribution in [1.82, 2.24) is 31.9 Å². The van der Waals surface area contributed by atoms with Crippen LogP contribution in [0.4, 0.5) is 8.78 Å². The highest BCUT2D eigenvalue weighted by molar-refractivity contribution is 5.73. The van der Waals surface area contributed by atoms with Gasteiger partial charge in [0, 0.05) is 119 Å². The van der Waals surface area contributed by atoms with E-state index in [1.807, 2.05) is 115 Å². The second-order valence-corrected chi connectivity index (χ2v) is 31.8. The van der Waals surface area contributed by atoms with Crippen LogP contribution in [-0.2, 0) is 81.9 Å². The van der Waals surface area contributed by atoms with Gasteiger partial charge in [-0.3, -0.25) is 14.4 Å². The van der Waals surface area contributed by atoms with Crippen molar-refractivity contribution in [2.75, 3.05) is 160 Å². The molecule has 9 aromatic carbocycles. The second kappa shape index (κ2) is 57.2. The number of halogens is 2. The Hall–Kier alpha value is -10.9. The highest BCUT2D eigenvalue weighted by Crippen LogP contribution is 2.35. The highest BCUT2D eigenvalue weighted by atomic mass is 19.1. The highest BCUT2D eigenvalue weighted by Gasteiger charge is 2.31. The molecule has 26 heteroatoms. The van der Waals surface area contributed by atoms with Crippen LogP contribution in [0.2, 0.25) is 0 Å². The fourth-order valence-electron chi connectivity index (χ4n) is 15.6. The number of rotatable bonds is 51. The van der Waals surface area contributed by atoms with Gasteiger partial charge in [0.1, 0.15) is 83.2 Å². The third-order valence-electron chi connectivity index (χ3n) is 22.3.